The highest BCUT2D eigenvalue weighted by atomic mass is 79.9. The van der Waals surface area contributed by atoms with Crippen LogP contribution in [0.3, 0.4) is 0 Å². The molecule has 1 aliphatic rings. The molecule has 0 bridgehead atoms. The Morgan fingerprint density at radius 3 is 2.45 bits per heavy atom. The minimum Gasteiger partial charge on any atom is -0.493 e. The summed E-state index contributed by atoms with van der Waals surface area (Å²) in [6.45, 7) is 2.12. The minimum absolute atomic E-state index is 0.188. The average Bonchev–Trinajstić information content (AvgIpc) is 3.17. The first kappa shape index (κ1) is 25.8. The molecule has 0 radical (unpaired) electrons. The first-order valence-electron chi connectivity index (χ1n) is 11.7. The molecule has 4 aromatic rings. The van der Waals surface area contributed by atoms with Crippen LogP contribution in [0.2, 0.25) is 0 Å². The van der Waals surface area contributed by atoms with Crippen molar-refractivity contribution in [3.63, 3.8) is 0 Å². The summed E-state index contributed by atoms with van der Waals surface area (Å²) < 4.78 is 11.5. The van der Waals surface area contributed by atoms with Crippen LogP contribution in [0.5, 0.6) is 11.5 Å². The lowest BCUT2D eigenvalue weighted by atomic mass is 10.1. The van der Waals surface area contributed by atoms with Crippen molar-refractivity contribution in [2.75, 3.05) is 7.11 Å². The average molecular weight is 588 g/mol. The quantitative estimate of drug-likeness (QED) is 0.133. The maximum absolute atomic E-state index is 13.1. The molecule has 0 aromatic heterocycles. The SMILES string of the molecule is COc1cc(/C=C2\SC(=O)N(Cc3ccc4ccccc4c3)C2=O)cc(Br)c1OC(=O)c1ccc(C)cc1. The predicted molar refractivity (Wildman–Crippen MR) is 152 cm³/mol. The lowest BCUT2D eigenvalue weighted by molar-refractivity contribution is -0.123. The lowest BCUT2D eigenvalue weighted by Gasteiger charge is -2.13. The van der Waals surface area contributed by atoms with Crippen molar-refractivity contribution in [1.82, 2.24) is 4.90 Å². The number of esters is 1. The van der Waals surface area contributed by atoms with Crippen LogP contribution in [0, 0.1) is 6.92 Å². The molecule has 8 heteroatoms. The molecule has 0 atom stereocenters. The molecule has 0 N–H and O–H groups in total. The topological polar surface area (TPSA) is 72.9 Å². The van der Waals surface area contributed by atoms with E-state index in [1.165, 1.54) is 12.0 Å². The zero-order chi connectivity index (χ0) is 26.8. The molecule has 0 aliphatic carbocycles. The number of carbonyl (C=O) groups is 3. The van der Waals surface area contributed by atoms with E-state index in [0.717, 1.165) is 33.7 Å². The van der Waals surface area contributed by atoms with Gasteiger partial charge in [0, 0.05) is 0 Å². The number of aryl methyl sites for hydroxylation is 1. The Morgan fingerprint density at radius 1 is 0.974 bits per heavy atom. The van der Waals surface area contributed by atoms with Gasteiger partial charge in [0.25, 0.3) is 11.1 Å². The molecule has 4 aromatic carbocycles. The van der Waals surface area contributed by atoms with E-state index in [1.54, 1.807) is 30.3 Å². The highest BCUT2D eigenvalue weighted by Crippen LogP contribution is 2.40. The van der Waals surface area contributed by atoms with Crippen molar-refractivity contribution in [3.8, 4) is 11.5 Å². The maximum Gasteiger partial charge on any atom is 0.343 e. The van der Waals surface area contributed by atoms with Crippen LogP contribution in [0.25, 0.3) is 16.8 Å². The number of hydrogen-bond donors (Lipinski definition) is 0. The lowest BCUT2D eigenvalue weighted by Crippen LogP contribution is -2.27. The second-order valence-corrected chi connectivity index (χ2v) is 10.6. The summed E-state index contributed by atoms with van der Waals surface area (Å²) in [5.74, 6) is -0.356. The van der Waals surface area contributed by atoms with Gasteiger partial charge in [-0.05, 0) is 92.9 Å². The highest BCUT2D eigenvalue weighted by molar-refractivity contribution is 9.10. The molecular weight excluding hydrogens is 566 g/mol. The van der Waals surface area contributed by atoms with Crippen LogP contribution < -0.4 is 9.47 Å². The van der Waals surface area contributed by atoms with Gasteiger partial charge in [-0.2, -0.15) is 0 Å². The number of rotatable bonds is 6. The Bertz CT molecular complexity index is 1610. The Morgan fingerprint density at radius 2 is 1.71 bits per heavy atom. The maximum atomic E-state index is 13.1. The van der Waals surface area contributed by atoms with Gasteiger partial charge in [-0.1, -0.05) is 54.1 Å². The standard InChI is InChI=1S/C30H22BrNO5S/c1-18-7-10-22(11-8-18)29(34)37-27-24(31)14-20(15-25(27)36-2)16-26-28(33)32(30(35)38-26)17-19-9-12-21-5-3-4-6-23(21)13-19/h3-16H,17H2,1-2H3/b26-16-. The van der Waals surface area contributed by atoms with Crippen molar-refractivity contribution in [3.05, 3.63) is 110 Å². The highest BCUT2D eigenvalue weighted by Gasteiger charge is 2.35. The summed E-state index contributed by atoms with van der Waals surface area (Å²) in [4.78, 5) is 40.0. The molecular formula is C30H22BrNO5S. The molecule has 5 rings (SSSR count). The molecule has 0 saturated carbocycles. The van der Waals surface area contributed by atoms with E-state index in [-0.39, 0.29) is 23.4 Å². The van der Waals surface area contributed by atoms with E-state index in [4.69, 9.17) is 9.47 Å². The zero-order valence-corrected chi connectivity index (χ0v) is 23.0. The summed E-state index contributed by atoms with van der Waals surface area (Å²) in [5.41, 5.74) is 2.93. The summed E-state index contributed by atoms with van der Waals surface area (Å²) in [7, 11) is 1.46. The largest absolute Gasteiger partial charge is 0.493 e. The number of carbonyl (C=O) groups excluding carboxylic acids is 3. The molecule has 1 heterocycles. The van der Waals surface area contributed by atoms with E-state index < -0.39 is 5.97 Å². The molecule has 1 fully saturated rings. The van der Waals surface area contributed by atoms with Gasteiger partial charge in [-0.25, -0.2) is 4.79 Å². The number of hydrogen-bond acceptors (Lipinski definition) is 6. The van der Waals surface area contributed by atoms with Crippen LogP contribution >= 0.6 is 27.7 Å². The number of fused-ring (bicyclic) bond motifs is 1. The normalized spacial score (nSPS) is 14.4. The molecule has 0 unspecified atom stereocenters. The number of methoxy groups -OCH3 is 1. The third kappa shape index (κ3) is 5.37. The van der Waals surface area contributed by atoms with E-state index in [2.05, 4.69) is 15.9 Å². The fourth-order valence-corrected chi connectivity index (χ4v) is 5.45. The second-order valence-electron chi connectivity index (χ2n) is 8.74. The number of thioether (sulfide) groups is 1. The van der Waals surface area contributed by atoms with E-state index in [1.807, 2.05) is 61.5 Å². The van der Waals surface area contributed by atoms with Gasteiger partial charge in [0.15, 0.2) is 11.5 Å². The molecule has 1 aliphatic heterocycles. The minimum atomic E-state index is -0.522. The smallest absolute Gasteiger partial charge is 0.343 e. The van der Waals surface area contributed by atoms with Gasteiger partial charge in [-0.15, -0.1) is 0 Å². The van der Waals surface area contributed by atoms with Gasteiger partial charge in [0.05, 0.1) is 28.6 Å². The molecule has 1 saturated heterocycles. The third-order valence-electron chi connectivity index (χ3n) is 6.06. The van der Waals surface area contributed by atoms with Gasteiger partial charge in [0.2, 0.25) is 0 Å². The molecule has 6 nitrogen and oxygen atoms in total. The van der Waals surface area contributed by atoms with Gasteiger partial charge < -0.3 is 9.47 Å². The van der Waals surface area contributed by atoms with Crippen LogP contribution in [0.1, 0.15) is 27.0 Å². The Labute approximate surface area is 232 Å². The fraction of sp³-hybridized carbons (Fsp3) is 0.100. The number of nitrogens with zero attached hydrogens (tertiary/aromatic N) is 1. The summed E-state index contributed by atoms with van der Waals surface area (Å²) >= 11 is 4.34. The summed E-state index contributed by atoms with van der Waals surface area (Å²) in [6, 6.07) is 24.2. The molecule has 0 spiro atoms. The van der Waals surface area contributed by atoms with Crippen LogP contribution in [-0.2, 0) is 11.3 Å². The Balaban J connectivity index is 1.36. The van der Waals surface area contributed by atoms with Crippen molar-refractivity contribution in [2.24, 2.45) is 0 Å². The number of imide groups is 1. The van der Waals surface area contributed by atoms with Crippen molar-refractivity contribution in [1.29, 1.82) is 0 Å². The second kappa shape index (κ2) is 10.8. The van der Waals surface area contributed by atoms with E-state index >= 15 is 0 Å². The number of halogens is 1. The predicted octanol–water partition coefficient (Wildman–Crippen LogP) is 7.38. The number of ether oxygens (including phenoxy) is 2. The van der Waals surface area contributed by atoms with Crippen molar-refractivity contribution in [2.45, 2.75) is 13.5 Å². The third-order valence-corrected chi connectivity index (χ3v) is 7.56. The van der Waals surface area contributed by atoms with Gasteiger partial charge in [0.1, 0.15) is 0 Å². The Kier molecular flexibility index (Phi) is 7.35. The molecule has 38 heavy (non-hydrogen) atoms. The number of benzene rings is 4. The first-order valence-corrected chi connectivity index (χ1v) is 13.3. The first-order chi connectivity index (χ1) is 18.3. The fourth-order valence-electron chi connectivity index (χ4n) is 4.07. The van der Waals surface area contributed by atoms with Crippen LogP contribution in [0.4, 0.5) is 4.79 Å². The van der Waals surface area contributed by atoms with Gasteiger partial charge in [-0.3, -0.25) is 14.5 Å². The van der Waals surface area contributed by atoms with Gasteiger partial charge >= 0.3 is 5.97 Å². The Hall–Kier alpha value is -3.88. The summed E-state index contributed by atoms with van der Waals surface area (Å²) in [5, 5.41) is 1.81. The molecule has 2 amide bonds. The van der Waals surface area contributed by atoms with Crippen LogP contribution in [-0.4, -0.2) is 29.1 Å². The van der Waals surface area contributed by atoms with E-state index in [0.29, 0.717) is 26.3 Å². The summed E-state index contributed by atoms with van der Waals surface area (Å²) in [6.07, 6.45) is 1.63. The molecule has 190 valence electrons. The monoisotopic (exact) mass is 587 g/mol. The van der Waals surface area contributed by atoms with Crippen molar-refractivity contribution < 1.29 is 23.9 Å². The van der Waals surface area contributed by atoms with Crippen LogP contribution in [0.15, 0.2) is 88.2 Å². The van der Waals surface area contributed by atoms with Crippen molar-refractivity contribution >= 4 is 61.7 Å². The van der Waals surface area contributed by atoms with E-state index in [9.17, 15) is 14.4 Å². The zero-order valence-electron chi connectivity index (χ0n) is 20.6. The number of amides is 2.